The number of unbranched alkanes of at least 4 members (excludes halogenated alkanes) is 1. The summed E-state index contributed by atoms with van der Waals surface area (Å²) in [5, 5.41) is 11.9. The first-order valence-corrected chi connectivity index (χ1v) is 7.84. The predicted molar refractivity (Wildman–Crippen MR) is 90.9 cm³/mol. The molecule has 0 aliphatic carbocycles. The van der Waals surface area contributed by atoms with Crippen LogP contribution in [0.1, 0.15) is 25.3 Å². The van der Waals surface area contributed by atoms with Gasteiger partial charge in [-0.15, -0.1) is 0 Å². The minimum absolute atomic E-state index is 0.137. The van der Waals surface area contributed by atoms with E-state index in [9.17, 15) is 4.79 Å². The molecule has 0 saturated heterocycles. The maximum Gasteiger partial charge on any atom is 0.263 e. The zero-order valence-corrected chi connectivity index (χ0v) is 14.1. The van der Waals surface area contributed by atoms with E-state index in [2.05, 4.69) is 12.2 Å². The Morgan fingerprint density at radius 2 is 2.09 bits per heavy atom. The number of hydrogen-bond acceptors (Lipinski definition) is 4. The van der Waals surface area contributed by atoms with Crippen LogP contribution < -0.4 is 10.1 Å². The van der Waals surface area contributed by atoms with Crippen LogP contribution in [0.25, 0.3) is 0 Å². The Kier molecular flexibility index (Phi) is 8.30. The number of benzene rings is 1. The molecule has 0 saturated carbocycles. The van der Waals surface area contributed by atoms with E-state index in [1.54, 1.807) is 13.3 Å². The second-order valence-electron chi connectivity index (χ2n) is 5.34. The van der Waals surface area contributed by atoms with E-state index in [-0.39, 0.29) is 11.5 Å². The van der Waals surface area contributed by atoms with Gasteiger partial charge in [-0.2, -0.15) is 5.26 Å². The summed E-state index contributed by atoms with van der Waals surface area (Å²) in [4.78, 5) is 13.9. The van der Waals surface area contributed by atoms with Crippen LogP contribution in [0.4, 0.5) is 0 Å². The average Bonchev–Trinajstić information content (AvgIpc) is 2.58. The molecule has 1 amide bonds. The van der Waals surface area contributed by atoms with Gasteiger partial charge in [0.2, 0.25) is 0 Å². The molecule has 0 aliphatic rings. The van der Waals surface area contributed by atoms with Crippen molar-refractivity contribution in [3.8, 4) is 11.8 Å². The van der Waals surface area contributed by atoms with Gasteiger partial charge in [0.25, 0.3) is 5.91 Å². The number of carbonyl (C=O) groups is 1. The lowest BCUT2D eigenvalue weighted by molar-refractivity contribution is -0.117. The molecule has 1 aromatic carbocycles. The number of nitrogens with one attached hydrogen (secondary N) is 1. The smallest absolute Gasteiger partial charge is 0.263 e. The lowest BCUT2D eigenvalue weighted by Gasteiger charge is -2.14. The van der Waals surface area contributed by atoms with Crippen molar-refractivity contribution in [1.29, 1.82) is 5.26 Å². The molecule has 0 aromatic heterocycles. The van der Waals surface area contributed by atoms with Crippen molar-refractivity contribution in [2.45, 2.75) is 26.2 Å². The summed E-state index contributed by atoms with van der Waals surface area (Å²) in [5.74, 6) is 0.479. The average molecular weight is 315 g/mol. The van der Waals surface area contributed by atoms with Gasteiger partial charge in [0.1, 0.15) is 17.4 Å². The summed E-state index contributed by atoms with van der Waals surface area (Å²) < 4.78 is 5.10. The third-order valence-electron chi connectivity index (χ3n) is 3.44. The van der Waals surface area contributed by atoms with Crippen LogP contribution in [0.5, 0.6) is 5.75 Å². The number of nitrogens with zero attached hydrogens (tertiary/aromatic N) is 2. The third kappa shape index (κ3) is 6.88. The van der Waals surface area contributed by atoms with E-state index in [4.69, 9.17) is 10.00 Å². The number of carbonyl (C=O) groups excluding carboxylic acids is 1. The lowest BCUT2D eigenvalue weighted by Crippen LogP contribution is -2.28. The fraction of sp³-hybridized carbons (Fsp3) is 0.444. The number of rotatable bonds is 9. The second-order valence-corrected chi connectivity index (χ2v) is 5.34. The number of amides is 1. The first-order chi connectivity index (χ1) is 11.1. The van der Waals surface area contributed by atoms with E-state index in [1.165, 1.54) is 0 Å². The SMILES string of the molecule is CCCCN(C)/C=C(/C#N)C(=O)NCCc1ccc(OC)cc1. The van der Waals surface area contributed by atoms with Crippen molar-refractivity contribution < 1.29 is 9.53 Å². The van der Waals surface area contributed by atoms with Gasteiger partial charge in [0.15, 0.2) is 0 Å². The van der Waals surface area contributed by atoms with E-state index in [0.717, 1.165) is 30.7 Å². The van der Waals surface area contributed by atoms with Crippen LogP contribution in [0, 0.1) is 11.3 Å². The monoisotopic (exact) mass is 315 g/mol. The van der Waals surface area contributed by atoms with Crippen molar-refractivity contribution >= 4 is 5.91 Å². The standard InChI is InChI=1S/C18H25N3O2/c1-4-5-12-21(2)14-16(13-19)18(22)20-11-10-15-6-8-17(23-3)9-7-15/h6-9,14H,4-5,10-12H2,1-3H3,(H,20,22)/b16-14-. The van der Waals surface area contributed by atoms with E-state index >= 15 is 0 Å². The molecule has 0 fully saturated rings. The normalized spacial score (nSPS) is 10.8. The predicted octanol–water partition coefficient (Wildman–Crippen LogP) is 2.49. The quantitative estimate of drug-likeness (QED) is 0.562. The molecule has 0 aliphatic heterocycles. The fourth-order valence-corrected chi connectivity index (χ4v) is 2.04. The summed E-state index contributed by atoms with van der Waals surface area (Å²) in [7, 11) is 3.50. The Morgan fingerprint density at radius 3 is 2.65 bits per heavy atom. The van der Waals surface area contributed by atoms with Crippen LogP contribution in [0.3, 0.4) is 0 Å². The van der Waals surface area contributed by atoms with Gasteiger partial charge in [-0.3, -0.25) is 4.79 Å². The van der Waals surface area contributed by atoms with Gasteiger partial charge in [-0.25, -0.2) is 0 Å². The first-order valence-electron chi connectivity index (χ1n) is 7.84. The molecule has 0 unspecified atom stereocenters. The summed E-state index contributed by atoms with van der Waals surface area (Å²) in [6.07, 6.45) is 4.43. The molecule has 1 aromatic rings. The highest BCUT2D eigenvalue weighted by atomic mass is 16.5. The molecule has 5 nitrogen and oxygen atoms in total. The zero-order valence-electron chi connectivity index (χ0n) is 14.1. The highest BCUT2D eigenvalue weighted by Gasteiger charge is 2.09. The van der Waals surface area contributed by atoms with Gasteiger partial charge in [-0.1, -0.05) is 25.5 Å². The van der Waals surface area contributed by atoms with Crippen LogP contribution in [-0.2, 0) is 11.2 Å². The van der Waals surface area contributed by atoms with Crippen molar-refractivity contribution in [2.24, 2.45) is 0 Å². The van der Waals surface area contributed by atoms with E-state index in [0.29, 0.717) is 13.0 Å². The molecular formula is C18H25N3O2. The molecule has 0 spiro atoms. The molecule has 124 valence electrons. The molecule has 0 bridgehead atoms. The minimum Gasteiger partial charge on any atom is -0.497 e. The first kappa shape index (κ1) is 18.6. The third-order valence-corrected chi connectivity index (χ3v) is 3.44. The summed E-state index contributed by atoms with van der Waals surface area (Å²) >= 11 is 0. The molecular weight excluding hydrogens is 290 g/mol. The minimum atomic E-state index is -0.329. The molecule has 0 radical (unpaired) electrons. The molecule has 0 atom stereocenters. The summed E-state index contributed by atoms with van der Waals surface area (Å²) in [6.45, 7) is 3.43. The topological polar surface area (TPSA) is 65.4 Å². The van der Waals surface area contributed by atoms with Crippen LogP contribution in [0.15, 0.2) is 36.0 Å². The lowest BCUT2D eigenvalue weighted by atomic mass is 10.1. The van der Waals surface area contributed by atoms with Crippen molar-refractivity contribution in [3.63, 3.8) is 0 Å². The molecule has 23 heavy (non-hydrogen) atoms. The largest absolute Gasteiger partial charge is 0.497 e. The molecule has 1 rings (SSSR count). The van der Waals surface area contributed by atoms with Crippen molar-refractivity contribution in [1.82, 2.24) is 10.2 Å². The number of nitriles is 1. The maximum absolute atomic E-state index is 12.0. The van der Waals surface area contributed by atoms with Gasteiger partial charge in [-0.05, 0) is 30.5 Å². The number of ether oxygens (including phenoxy) is 1. The van der Waals surface area contributed by atoms with E-state index < -0.39 is 0 Å². The Hall–Kier alpha value is -2.48. The summed E-state index contributed by atoms with van der Waals surface area (Å²) in [6, 6.07) is 9.67. The Labute approximate surface area is 138 Å². The van der Waals surface area contributed by atoms with Gasteiger partial charge in [0.05, 0.1) is 7.11 Å². The van der Waals surface area contributed by atoms with E-state index in [1.807, 2.05) is 42.3 Å². The Bertz CT molecular complexity index is 559. The molecule has 0 heterocycles. The van der Waals surface area contributed by atoms with Crippen LogP contribution in [-0.4, -0.2) is 38.1 Å². The Balaban J connectivity index is 2.47. The second kappa shape index (κ2) is 10.3. The van der Waals surface area contributed by atoms with Gasteiger partial charge < -0.3 is 15.0 Å². The van der Waals surface area contributed by atoms with Crippen molar-refractivity contribution in [3.05, 3.63) is 41.6 Å². The van der Waals surface area contributed by atoms with Gasteiger partial charge >= 0.3 is 0 Å². The maximum atomic E-state index is 12.0. The highest BCUT2D eigenvalue weighted by molar-refractivity contribution is 5.97. The fourth-order valence-electron chi connectivity index (χ4n) is 2.04. The Morgan fingerprint density at radius 1 is 1.39 bits per heavy atom. The highest BCUT2D eigenvalue weighted by Crippen LogP contribution is 2.11. The van der Waals surface area contributed by atoms with Crippen LogP contribution >= 0.6 is 0 Å². The van der Waals surface area contributed by atoms with Crippen LogP contribution in [0.2, 0.25) is 0 Å². The number of hydrogen-bond donors (Lipinski definition) is 1. The van der Waals surface area contributed by atoms with Crippen molar-refractivity contribution in [2.75, 3.05) is 27.2 Å². The summed E-state index contributed by atoms with van der Waals surface area (Å²) in [5.41, 5.74) is 1.24. The number of methoxy groups -OCH3 is 1. The molecule has 5 heteroatoms. The molecule has 1 N–H and O–H groups in total. The van der Waals surface area contributed by atoms with Gasteiger partial charge in [0, 0.05) is 26.3 Å². The zero-order chi connectivity index (χ0) is 17.1.